The third-order valence-electron chi connectivity index (χ3n) is 2.78. The van der Waals surface area contributed by atoms with Crippen molar-refractivity contribution in [3.8, 4) is 0 Å². The zero-order chi connectivity index (χ0) is 12.8. The van der Waals surface area contributed by atoms with Crippen LogP contribution < -0.4 is 5.32 Å². The van der Waals surface area contributed by atoms with Gasteiger partial charge in [0.2, 0.25) is 5.91 Å². The first kappa shape index (κ1) is 13.7. The summed E-state index contributed by atoms with van der Waals surface area (Å²) in [6.45, 7) is 3.72. The quantitative estimate of drug-likeness (QED) is 0.849. The fourth-order valence-corrected chi connectivity index (χ4v) is 2.02. The van der Waals surface area contributed by atoms with Crippen LogP contribution in [0.5, 0.6) is 0 Å². The largest absolute Gasteiger partial charge is 0.326 e. The van der Waals surface area contributed by atoms with Gasteiger partial charge in [0.25, 0.3) is 0 Å². The highest BCUT2D eigenvalue weighted by Gasteiger charge is 2.13. The predicted molar refractivity (Wildman–Crippen MR) is 72.1 cm³/mol. The van der Waals surface area contributed by atoms with Crippen molar-refractivity contribution in [1.29, 1.82) is 0 Å². The standard InChI is InChI=1S/C14H22N2O/c1-5-7-14(16(3)4)12-8-6-9-13(10-12)15-11(2)17/h6,8-10,14H,5,7H2,1-4H3,(H,15,17). The van der Waals surface area contributed by atoms with Gasteiger partial charge in [0.15, 0.2) is 0 Å². The molecule has 1 unspecified atom stereocenters. The van der Waals surface area contributed by atoms with Crippen LogP contribution in [-0.2, 0) is 4.79 Å². The number of hydrogen-bond donors (Lipinski definition) is 1. The van der Waals surface area contributed by atoms with E-state index in [-0.39, 0.29) is 5.91 Å². The van der Waals surface area contributed by atoms with Crippen LogP contribution in [0.1, 0.15) is 38.3 Å². The topological polar surface area (TPSA) is 32.3 Å². The Kier molecular flexibility index (Phi) is 5.16. The number of carbonyl (C=O) groups excluding carboxylic acids is 1. The number of anilines is 1. The molecule has 0 aromatic heterocycles. The summed E-state index contributed by atoms with van der Waals surface area (Å²) in [7, 11) is 4.18. The van der Waals surface area contributed by atoms with E-state index in [4.69, 9.17) is 0 Å². The fourth-order valence-electron chi connectivity index (χ4n) is 2.02. The van der Waals surface area contributed by atoms with E-state index in [1.807, 2.05) is 12.1 Å². The number of rotatable bonds is 5. The van der Waals surface area contributed by atoms with Crippen LogP contribution >= 0.6 is 0 Å². The van der Waals surface area contributed by atoms with Gasteiger partial charge in [-0.1, -0.05) is 25.5 Å². The van der Waals surface area contributed by atoms with Gasteiger partial charge >= 0.3 is 0 Å². The van der Waals surface area contributed by atoms with E-state index < -0.39 is 0 Å². The first-order valence-corrected chi connectivity index (χ1v) is 6.08. The molecule has 0 aliphatic carbocycles. The van der Waals surface area contributed by atoms with E-state index in [9.17, 15) is 4.79 Å². The molecule has 1 amide bonds. The van der Waals surface area contributed by atoms with Crippen molar-refractivity contribution in [1.82, 2.24) is 4.90 Å². The Morgan fingerprint density at radius 3 is 2.65 bits per heavy atom. The molecule has 0 fully saturated rings. The van der Waals surface area contributed by atoms with Crippen LogP contribution in [0.4, 0.5) is 5.69 Å². The number of carbonyl (C=O) groups is 1. The Bertz CT molecular complexity index is 374. The second kappa shape index (κ2) is 6.40. The second-order valence-corrected chi connectivity index (χ2v) is 4.57. The number of nitrogens with zero attached hydrogens (tertiary/aromatic N) is 1. The van der Waals surface area contributed by atoms with Crippen molar-refractivity contribution in [2.24, 2.45) is 0 Å². The van der Waals surface area contributed by atoms with E-state index >= 15 is 0 Å². The van der Waals surface area contributed by atoms with Gasteiger partial charge in [-0.25, -0.2) is 0 Å². The Morgan fingerprint density at radius 2 is 2.12 bits per heavy atom. The summed E-state index contributed by atoms with van der Waals surface area (Å²) < 4.78 is 0. The van der Waals surface area contributed by atoms with Gasteiger partial charge in [-0.2, -0.15) is 0 Å². The van der Waals surface area contributed by atoms with Crippen molar-refractivity contribution >= 4 is 11.6 Å². The summed E-state index contributed by atoms with van der Waals surface area (Å²) in [5, 5.41) is 2.82. The molecule has 1 aromatic rings. The number of hydrogen-bond acceptors (Lipinski definition) is 2. The zero-order valence-electron chi connectivity index (χ0n) is 11.2. The van der Waals surface area contributed by atoms with Crippen molar-refractivity contribution < 1.29 is 4.79 Å². The van der Waals surface area contributed by atoms with Crippen molar-refractivity contribution in [3.05, 3.63) is 29.8 Å². The SMILES string of the molecule is CCCC(c1cccc(NC(C)=O)c1)N(C)C. The average Bonchev–Trinajstić information content (AvgIpc) is 2.24. The van der Waals surface area contributed by atoms with Gasteiger partial charge in [0, 0.05) is 18.7 Å². The van der Waals surface area contributed by atoms with Crippen LogP contribution in [0, 0.1) is 0 Å². The predicted octanol–water partition coefficient (Wildman–Crippen LogP) is 3.05. The highest BCUT2D eigenvalue weighted by molar-refractivity contribution is 5.88. The minimum absolute atomic E-state index is 0.0287. The molecule has 3 nitrogen and oxygen atoms in total. The van der Waals surface area contributed by atoms with E-state index in [2.05, 4.69) is 43.4 Å². The van der Waals surface area contributed by atoms with Crippen LogP contribution in [0.2, 0.25) is 0 Å². The maximum Gasteiger partial charge on any atom is 0.221 e. The summed E-state index contributed by atoms with van der Waals surface area (Å²) in [5.41, 5.74) is 2.13. The number of nitrogens with one attached hydrogen (secondary N) is 1. The molecule has 1 atom stereocenters. The Hall–Kier alpha value is -1.35. The highest BCUT2D eigenvalue weighted by atomic mass is 16.1. The minimum atomic E-state index is -0.0287. The van der Waals surface area contributed by atoms with E-state index in [0.717, 1.165) is 18.5 Å². The van der Waals surface area contributed by atoms with Crippen molar-refractivity contribution in [2.45, 2.75) is 32.7 Å². The molecule has 0 aliphatic heterocycles. The zero-order valence-corrected chi connectivity index (χ0v) is 11.2. The summed E-state index contributed by atoms with van der Waals surface area (Å²) >= 11 is 0. The molecule has 0 aliphatic rings. The van der Waals surface area contributed by atoms with Crippen LogP contribution in [0.25, 0.3) is 0 Å². The third-order valence-corrected chi connectivity index (χ3v) is 2.78. The molecule has 17 heavy (non-hydrogen) atoms. The third kappa shape index (κ3) is 4.19. The molecule has 1 aromatic carbocycles. The highest BCUT2D eigenvalue weighted by Crippen LogP contribution is 2.25. The second-order valence-electron chi connectivity index (χ2n) is 4.57. The van der Waals surface area contributed by atoms with E-state index in [1.54, 1.807) is 0 Å². The maximum atomic E-state index is 11.0. The lowest BCUT2D eigenvalue weighted by atomic mass is 10.0. The Balaban J connectivity index is 2.91. The monoisotopic (exact) mass is 234 g/mol. The lowest BCUT2D eigenvalue weighted by Gasteiger charge is -2.24. The molecule has 0 radical (unpaired) electrons. The molecule has 1 rings (SSSR count). The molecule has 0 heterocycles. The smallest absolute Gasteiger partial charge is 0.221 e. The summed E-state index contributed by atoms with van der Waals surface area (Å²) in [4.78, 5) is 13.3. The number of amides is 1. The van der Waals surface area contributed by atoms with Crippen LogP contribution in [0.15, 0.2) is 24.3 Å². The average molecular weight is 234 g/mol. The summed E-state index contributed by atoms with van der Waals surface area (Å²) in [6, 6.07) is 8.50. The fraction of sp³-hybridized carbons (Fsp3) is 0.500. The van der Waals surface area contributed by atoms with Crippen molar-refractivity contribution in [2.75, 3.05) is 19.4 Å². The molecular weight excluding hydrogens is 212 g/mol. The van der Waals surface area contributed by atoms with E-state index in [0.29, 0.717) is 6.04 Å². The Morgan fingerprint density at radius 1 is 1.41 bits per heavy atom. The first-order valence-electron chi connectivity index (χ1n) is 6.08. The van der Waals surface area contributed by atoms with Gasteiger partial charge in [0.05, 0.1) is 0 Å². The van der Waals surface area contributed by atoms with Gasteiger partial charge in [0.1, 0.15) is 0 Å². The van der Waals surface area contributed by atoms with Gasteiger partial charge in [-0.3, -0.25) is 4.79 Å². The number of benzene rings is 1. The lowest BCUT2D eigenvalue weighted by molar-refractivity contribution is -0.114. The lowest BCUT2D eigenvalue weighted by Crippen LogP contribution is -2.20. The molecule has 1 N–H and O–H groups in total. The van der Waals surface area contributed by atoms with Gasteiger partial charge < -0.3 is 10.2 Å². The summed E-state index contributed by atoms with van der Waals surface area (Å²) in [6.07, 6.45) is 2.27. The summed E-state index contributed by atoms with van der Waals surface area (Å²) in [5.74, 6) is -0.0287. The molecule has 0 spiro atoms. The van der Waals surface area contributed by atoms with Gasteiger partial charge in [-0.15, -0.1) is 0 Å². The van der Waals surface area contributed by atoms with Crippen LogP contribution in [0.3, 0.4) is 0 Å². The minimum Gasteiger partial charge on any atom is -0.326 e. The normalized spacial score (nSPS) is 12.5. The van der Waals surface area contributed by atoms with Crippen molar-refractivity contribution in [3.63, 3.8) is 0 Å². The molecule has 0 saturated heterocycles. The molecular formula is C14H22N2O. The van der Waals surface area contributed by atoms with Gasteiger partial charge in [-0.05, 0) is 38.2 Å². The van der Waals surface area contributed by atoms with E-state index in [1.165, 1.54) is 12.5 Å². The molecule has 0 saturated carbocycles. The maximum absolute atomic E-state index is 11.0. The van der Waals surface area contributed by atoms with Crippen LogP contribution in [-0.4, -0.2) is 24.9 Å². The molecule has 0 bridgehead atoms. The first-order chi connectivity index (χ1) is 8.04. The molecule has 94 valence electrons. The molecule has 3 heteroatoms. The Labute approximate surface area is 104 Å².